The zero-order chi connectivity index (χ0) is 14.4. The topological polar surface area (TPSA) is 76.2 Å². The van der Waals surface area contributed by atoms with Gasteiger partial charge in [-0.15, -0.1) is 24.8 Å². The molecule has 0 aromatic carbocycles. The second-order valence-electron chi connectivity index (χ2n) is 5.17. The Hall–Kier alpha value is -0.820. The number of nitrogens with zero attached hydrogens (tertiary/aromatic N) is 3. The lowest BCUT2D eigenvalue weighted by Gasteiger charge is -2.16. The van der Waals surface area contributed by atoms with Crippen molar-refractivity contribution in [3.05, 3.63) is 12.3 Å². The van der Waals surface area contributed by atoms with Crippen LogP contribution in [0.1, 0.15) is 20.3 Å². The van der Waals surface area contributed by atoms with Crippen LogP contribution in [0.2, 0.25) is 0 Å². The molecule has 0 radical (unpaired) electrons. The van der Waals surface area contributed by atoms with Gasteiger partial charge in [0.15, 0.2) is 5.82 Å². The van der Waals surface area contributed by atoms with E-state index in [4.69, 9.17) is 5.73 Å². The van der Waals surface area contributed by atoms with Crippen LogP contribution >= 0.6 is 24.8 Å². The summed E-state index contributed by atoms with van der Waals surface area (Å²) in [6, 6.07) is 1.30. The number of carbonyl (C=O) groups is 1. The van der Waals surface area contributed by atoms with Crippen molar-refractivity contribution in [1.29, 1.82) is 0 Å². The van der Waals surface area contributed by atoms with Gasteiger partial charge in [0.25, 0.3) is 0 Å². The van der Waals surface area contributed by atoms with Crippen LogP contribution in [0.5, 0.6) is 0 Å². The number of amides is 1. The average Bonchev–Trinajstić information content (AvgIpc) is 2.82. The van der Waals surface area contributed by atoms with Gasteiger partial charge in [-0.25, -0.2) is 0 Å². The average molecular weight is 340 g/mol. The van der Waals surface area contributed by atoms with Gasteiger partial charge in [-0.2, -0.15) is 5.10 Å². The van der Waals surface area contributed by atoms with Crippen molar-refractivity contribution >= 4 is 36.5 Å². The molecular weight excluding hydrogens is 313 g/mol. The standard InChI is InChI=1S/C13H25N5O.2ClH/c1-5-10(2)12(14)13(19)15-11-6-7-18(16-11)9-8-17(3)4;;/h6-7,10,12H,5,8-9,14H2,1-4H3,(H,15,16,19);2*1H. The number of anilines is 1. The zero-order valence-electron chi connectivity index (χ0n) is 13.1. The number of halogens is 2. The molecule has 0 saturated carbocycles. The Bertz CT molecular complexity index is 411. The van der Waals surface area contributed by atoms with E-state index in [2.05, 4.69) is 15.3 Å². The van der Waals surface area contributed by atoms with Crippen molar-refractivity contribution in [2.45, 2.75) is 32.9 Å². The molecule has 0 aliphatic rings. The minimum Gasteiger partial charge on any atom is -0.320 e. The summed E-state index contributed by atoms with van der Waals surface area (Å²) in [7, 11) is 4.02. The number of nitrogens with two attached hydrogens (primary N) is 1. The molecule has 1 heterocycles. The van der Waals surface area contributed by atoms with Crippen LogP contribution in [-0.4, -0.2) is 47.3 Å². The highest BCUT2D eigenvalue weighted by Gasteiger charge is 2.19. The van der Waals surface area contributed by atoms with Crippen LogP contribution < -0.4 is 11.1 Å². The van der Waals surface area contributed by atoms with E-state index in [0.29, 0.717) is 5.82 Å². The van der Waals surface area contributed by atoms with Crippen molar-refractivity contribution in [2.75, 3.05) is 26.0 Å². The molecule has 0 spiro atoms. The third kappa shape index (κ3) is 7.66. The van der Waals surface area contributed by atoms with E-state index in [-0.39, 0.29) is 36.6 Å². The number of aromatic nitrogens is 2. The number of hydrogen-bond acceptors (Lipinski definition) is 4. The van der Waals surface area contributed by atoms with Gasteiger partial charge in [0.2, 0.25) is 5.91 Å². The molecule has 1 rings (SSSR count). The molecule has 1 amide bonds. The van der Waals surface area contributed by atoms with Crippen molar-refractivity contribution in [1.82, 2.24) is 14.7 Å². The van der Waals surface area contributed by atoms with Gasteiger partial charge >= 0.3 is 0 Å². The predicted octanol–water partition coefficient (Wildman–Crippen LogP) is 1.60. The monoisotopic (exact) mass is 339 g/mol. The molecule has 1 aromatic rings. The van der Waals surface area contributed by atoms with E-state index in [1.807, 2.05) is 38.8 Å². The summed E-state index contributed by atoms with van der Waals surface area (Å²) in [5, 5.41) is 7.05. The lowest BCUT2D eigenvalue weighted by Crippen LogP contribution is -2.40. The first-order valence-electron chi connectivity index (χ1n) is 6.68. The van der Waals surface area contributed by atoms with Gasteiger partial charge in [0.05, 0.1) is 12.6 Å². The first-order chi connectivity index (χ1) is 8.93. The Morgan fingerprint density at radius 3 is 2.62 bits per heavy atom. The molecule has 21 heavy (non-hydrogen) atoms. The highest BCUT2D eigenvalue weighted by Crippen LogP contribution is 2.09. The second kappa shape index (κ2) is 10.8. The lowest BCUT2D eigenvalue weighted by atomic mass is 9.99. The van der Waals surface area contributed by atoms with Gasteiger partial charge < -0.3 is 16.0 Å². The SMILES string of the molecule is CCC(C)C(N)C(=O)Nc1ccn(CCN(C)C)n1.Cl.Cl. The van der Waals surface area contributed by atoms with Crippen LogP contribution in [-0.2, 0) is 11.3 Å². The van der Waals surface area contributed by atoms with E-state index >= 15 is 0 Å². The molecule has 6 nitrogen and oxygen atoms in total. The van der Waals surface area contributed by atoms with E-state index < -0.39 is 6.04 Å². The van der Waals surface area contributed by atoms with Crippen LogP contribution in [0.4, 0.5) is 5.82 Å². The van der Waals surface area contributed by atoms with Gasteiger partial charge in [-0.3, -0.25) is 9.48 Å². The molecule has 2 atom stereocenters. The first kappa shape index (κ1) is 22.5. The van der Waals surface area contributed by atoms with Crippen LogP contribution in [0.25, 0.3) is 0 Å². The van der Waals surface area contributed by atoms with E-state index in [9.17, 15) is 4.79 Å². The maximum atomic E-state index is 11.9. The maximum absolute atomic E-state index is 11.9. The molecule has 0 bridgehead atoms. The number of hydrogen-bond donors (Lipinski definition) is 2. The minimum absolute atomic E-state index is 0. The largest absolute Gasteiger partial charge is 0.320 e. The molecule has 8 heteroatoms. The highest BCUT2D eigenvalue weighted by molar-refractivity contribution is 5.94. The quantitative estimate of drug-likeness (QED) is 0.791. The molecule has 0 aliphatic heterocycles. The third-order valence-corrected chi connectivity index (χ3v) is 3.23. The summed E-state index contributed by atoms with van der Waals surface area (Å²) in [5.74, 6) is 0.547. The van der Waals surface area contributed by atoms with Crippen molar-refractivity contribution in [3.63, 3.8) is 0 Å². The molecular formula is C13H27Cl2N5O. The van der Waals surface area contributed by atoms with Gasteiger partial charge in [0, 0.05) is 18.8 Å². The zero-order valence-corrected chi connectivity index (χ0v) is 14.7. The summed E-state index contributed by atoms with van der Waals surface area (Å²) in [6.07, 6.45) is 2.74. The van der Waals surface area contributed by atoms with E-state index in [1.165, 1.54) is 0 Å². The molecule has 3 N–H and O–H groups in total. The summed E-state index contributed by atoms with van der Waals surface area (Å²) >= 11 is 0. The lowest BCUT2D eigenvalue weighted by molar-refractivity contribution is -0.118. The van der Waals surface area contributed by atoms with Crippen LogP contribution in [0.3, 0.4) is 0 Å². The Morgan fingerprint density at radius 1 is 1.48 bits per heavy atom. The molecule has 1 aromatic heterocycles. The van der Waals surface area contributed by atoms with Crippen LogP contribution in [0.15, 0.2) is 12.3 Å². The number of carbonyl (C=O) groups excluding carboxylic acids is 1. The fraction of sp³-hybridized carbons (Fsp3) is 0.692. The van der Waals surface area contributed by atoms with Gasteiger partial charge in [0.1, 0.15) is 0 Å². The molecule has 0 aliphatic carbocycles. The van der Waals surface area contributed by atoms with Gasteiger partial charge in [-0.1, -0.05) is 20.3 Å². The molecule has 0 fully saturated rings. The second-order valence-corrected chi connectivity index (χ2v) is 5.17. The predicted molar refractivity (Wildman–Crippen MR) is 91.3 cm³/mol. The summed E-state index contributed by atoms with van der Waals surface area (Å²) < 4.78 is 1.81. The minimum atomic E-state index is -0.489. The van der Waals surface area contributed by atoms with Crippen molar-refractivity contribution < 1.29 is 4.79 Å². The smallest absolute Gasteiger partial charge is 0.242 e. The normalized spacial score (nSPS) is 13.0. The number of likely N-dealkylation sites (N-methyl/N-ethyl adjacent to an activating group) is 1. The molecule has 0 saturated heterocycles. The summed E-state index contributed by atoms with van der Waals surface area (Å²) in [5.41, 5.74) is 5.87. The summed E-state index contributed by atoms with van der Waals surface area (Å²) in [4.78, 5) is 14.0. The number of nitrogens with one attached hydrogen (secondary N) is 1. The Kier molecular flexibility index (Phi) is 11.6. The molecule has 124 valence electrons. The van der Waals surface area contributed by atoms with E-state index in [1.54, 1.807) is 6.07 Å². The van der Waals surface area contributed by atoms with Crippen molar-refractivity contribution in [3.8, 4) is 0 Å². The maximum Gasteiger partial charge on any atom is 0.242 e. The highest BCUT2D eigenvalue weighted by atomic mass is 35.5. The fourth-order valence-electron chi connectivity index (χ4n) is 1.58. The van der Waals surface area contributed by atoms with Crippen molar-refractivity contribution in [2.24, 2.45) is 11.7 Å². The Labute approximate surface area is 139 Å². The van der Waals surface area contributed by atoms with E-state index in [0.717, 1.165) is 19.5 Å². The Morgan fingerprint density at radius 2 is 2.10 bits per heavy atom. The van der Waals surface area contributed by atoms with Gasteiger partial charge in [-0.05, 0) is 20.0 Å². The Balaban J connectivity index is 0. The first-order valence-corrected chi connectivity index (χ1v) is 6.68. The number of rotatable bonds is 7. The third-order valence-electron chi connectivity index (χ3n) is 3.23. The fourth-order valence-corrected chi connectivity index (χ4v) is 1.58. The summed E-state index contributed by atoms with van der Waals surface area (Å²) in [6.45, 7) is 5.69. The molecule has 2 unspecified atom stereocenters. The van der Waals surface area contributed by atoms with Crippen LogP contribution in [0, 0.1) is 5.92 Å².